The van der Waals surface area contributed by atoms with Gasteiger partial charge in [0, 0.05) is 25.5 Å². The Labute approximate surface area is 73.3 Å². The first kappa shape index (κ1) is 7.59. The summed E-state index contributed by atoms with van der Waals surface area (Å²) >= 11 is 0. The van der Waals surface area contributed by atoms with E-state index in [-0.39, 0.29) is 0 Å². The molecule has 0 amide bonds. The fraction of sp³-hybridized carbons (Fsp3) is 0.500. The molecule has 1 fully saturated rings. The molecule has 2 heterocycles. The summed E-state index contributed by atoms with van der Waals surface area (Å²) < 4.78 is 0. The number of aliphatic imine (C=N–C) groups is 1. The normalized spacial score (nSPS) is 25.7. The summed E-state index contributed by atoms with van der Waals surface area (Å²) in [5.74, 6) is 0. The molecule has 2 aliphatic heterocycles. The molecule has 0 atom stereocenters. The Hall–Kier alpha value is -1.05. The maximum absolute atomic E-state index is 4.21. The summed E-state index contributed by atoms with van der Waals surface area (Å²) in [6, 6.07) is 0. The van der Waals surface area contributed by atoms with Gasteiger partial charge >= 0.3 is 0 Å². The van der Waals surface area contributed by atoms with E-state index in [4.69, 9.17) is 0 Å². The minimum atomic E-state index is 1.09. The van der Waals surface area contributed by atoms with Gasteiger partial charge in [-0.1, -0.05) is 0 Å². The molecule has 0 unspecified atom stereocenters. The van der Waals surface area contributed by atoms with Crippen LogP contribution >= 0.6 is 0 Å². The van der Waals surface area contributed by atoms with Crippen LogP contribution in [0, 0.1) is 0 Å². The number of nitrogens with zero attached hydrogens (tertiary/aromatic N) is 2. The molecule has 12 heavy (non-hydrogen) atoms. The Balaban J connectivity index is 1.96. The fourth-order valence-corrected chi connectivity index (χ4v) is 1.62. The minimum Gasteiger partial charge on any atom is -0.376 e. The van der Waals surface area contributed by atoms with Crippen LogP contribution in [0.1, 0.15) is 19.3 Å². The Morgan fingerprint density at radius 2 is 2.08 bits per heavy atom. The van der Waals surface area contributed by atoms with Crippen molar-refractivity contribution >= 4 is 6.21 Å². The molecule has 0 radical (unpaired) electrons. The largest absolute Gasteiger partial charge is 0.376 e. The molecule has 2 aliphatic rings. The number of hydrogen-bond acceptors (Lipinski definition) is 2. The molecule has 2 heteroatoms. The zero-order valence-electron chi connectivity index (χ0n) is 7.24. The number of likely N-dealkylation sites (tertiary alicyclic amines) is 1. The van der Waals surface area contributed by atoms with Gasteiger partial charge in [-0.05, 0) is 31.4 Å². The molecule has 2 nitrogen and oxygen atoms in total. The highest BCUT2D eigenvalue weighted by Crippen LogP contribution is 2.12. The molecular weight excluding hydrogens is 148 g/mol. The summed E-state index contributed by atoms with van der Waals surface area (Å²) in [4.78, 5) is 6.58. The third-order valence-electron chi connectivity index (χ3n) is 2.28. The van der Waals surface area contributed by atoms with Gasteiger partial charge in [-0.15, -0.1) is 0 Å². The van der Waals surface area contributed by atoms with Gasteiger partial charge in [-0.25, -0.2) is 0 Å². The highest BCUT2D eigenvalue weighted by molar-refractivity contribution is 5.76. The quantitative estimate of drug-likeness (QED) is 0.575. The van der Waals surface area contributed by atoms with Crippen LogP contribution in [0.3, 0.4) is 0 Å². The van der Waals surface area contributed by atoms with Gasteiger partial charge < -0.3 is 4.90 Å². The number of rotatable bonds is 1. The van der Waals surface area contributed by atoms with Crippen LogP contribution in [-0.2, 0) is 0 Å². The lowest BCUT2D eigenvalue weighted by Crippen LogP contribution is -2.24. The van der Waals surface area contributed by atoms with E-state index in [2.05, 4.69) is 22.2 Å². The Bertz CT molecular complexity index is 218. The highest BCUT2D eigenvalue weighted by atomic mass is 15.1. The van der Waals surface area contributed by atoms with Crippen LogP contribution < -0.4 is 0 Å². The SMILES string of the molecule is C1=CC(=CN2CCCCC2)N=C1. The van der Waals surface area contributed by atoms with E-state index < -0.39 is 0 Å². The third kappa shape index (κ3) is 1.76. The second-order valence-corrected chi connectivity index (χ2v) is 3.29. The van der Waals surface area contributed by atoms with Crippen molar-refractivity contribution in [2.75, 3.05) is 13.1 Å². The van der Waals surface area contributed by atoms with Gasteiger partial charge in [0.25, 0.3) is 0 Å². The molecule has 64 valence electrons. The van der Waals surface area contributed by atoms with Crippen molar-refractivity contribution in [3.8, 4) is 0 Å². The van der Waals surface area contributed by atoms with Crippen LogP contribution in [0.25, 0.3) is 0 Å². The monoisotopic (exact) mass is 162 g/mol. The number of allylic oxidation sites excluding steroid dienone is 2. The van der Waals surface area contributed by atoms with Crippen LogP contribution in [0.2, 0.25) is 0 Å². The summed E-state index contributed by atoms with van der Waals surface area (Å²) in [5.41, 5.74) is 1.09. The lowest BCUT2D eigenvalue weighted by Gasteiger charge is -2.24. The van der Waals surface area contributed by atoms with E-state index in [9.17, 15) is 0 Å². The van der Waals surface area contributed by atoms with E-state index in [1.54, 1.807) is 0 Å². The molecular formula is C10H14N2. The van der Waals surface area contributed by atoms with E-state index >= 15 is 0 Å². The Morgan fingerprint density at radius 1 is 1.25 bits per heavy atom. The van der Waals surface area contributed by atoms with Crippen LogP contribution in [-0.4, -0.2) is 24.2 Å². The van der Waals surface area contributed by atoms with E-state index in [0.29, 0.717) is 0 Å². The van der Waals surface area contributed by atoms with Crippen molar-refractivity contribution in [2.24, 2.45) is 4.99 Å². The van der Waals surface area contributed by atoms with Crippen LogP contribution in [0.5, 0.6) is 0 Å². The molecule has 0 aliphatic carbocycles. The Morgan fingerprint density at radius 3 is 2.75 bits per heavy atom. The summed E-state index contributed by atoms with van der Waals surface area (Å²) in [6.45, 7) is 2.40. The molecule has 2 rings (SSSR count). The van der Waals surface area contributed by atoms with E-state index in [1.165, 1.54) is 32.4 Å². The van der Waals surface area contributed by atoms with Crippen LogP contribution in [0.4, 0.5) is 0 Å². The van der Waals surface area contributed by atoms with Gasteiger partial charge in [0.05, 0.1) is 5.70 Å². The van der Waals surface area contributed by atoms with Crippen molar-refractivity contribution in [1.29, 1.82) is 0 Å². The average Bonchev–Trinajstić information content (AvgIpc) is 2.59. The van der Waals surface area contributed by atoms with Gasteiger partial charge in [-0.2, -0.15) is 0 Å². The predicted molar refractivity (Wildman–Crippen MR) is 51.1 cm³/mol. The summed E-state index contributed by atoms with van der Waals surface area (Å²) in [7, 11) is 0. The van der Waals surface area contributed by atoms with Crippen molar-refractivity contribution in [1.82, 2.24) is 4.90 Å². The third-order valence-corrected chi connectivity index (χ3v) is 2.28. The van der Waals surface area contributed by atoms with Gasteiger partial charge in [0.2, 0.25) is 0 Å². The van der Waals surface area contributed by atoms with Crippen LogP contribution in [0.15, 0.2) is 29.0 Å². The Kier molecular flexibility index (Phi) is 2.26. The molecule has 0 bridgehead atoms. The van der Waals surface area contributed by atoms with Crippen molar-refractivity contribution in [3.63, 3.8) is 0 Å². The first-order valence-corrected chi connectivity index (χ1v) is 4.62. The maximum Gasteiger partial charge on any atom is 0.0788 e. The lowest BCUT2D eigenvalue weighted by atomic mass is 10.1. The van der Waals surface area contributed by atoms with Crippen molar-refractivity contribution in [3.05, 3.63) is 24.0 Å². The van der Waals surface area contributed by atoms with Gasteiger partial charge in [0.1, 0.15) is 0 Å². The fourth-order valence-electron chi connectivity index (χ4n) is 1.62. The topological polar surface area (TPSA) is 15.6 Å². The second-order valence-electron chi connectivity index (χ2n) is 3.29. The zero-order valence-corrected chi connectivity index (χ0v) is 7.24. The number of piperidine rings is 1. The molecule has 0 aromatic rings. The second kappa shape index (κ2) is 3.57. The van der Waals surface area contributed by atoms with Gasteiger partial charge in [-0.3, -0.25) is 4.99 Å². The highest BCUT2D eigenvalue weighted by Gasteiger charge is 2.06. The smallest absolute Gasteiger partial charge is 0.0788 e. The molecule has 1 saturated heterocycles. The lowest BCUT2D eigenvalue weighted by molar-refractivity contribution is 0.308. The first-order chi connectivity index (χ1) is 5.95. The van der Waals surface area contributed by atoms with E-state index in [0.717, 1.165) is 5.70 Å². The zero-order chi connectivity index (χ0) is 8.23. The summed E-state index contributed by atoms with van der Waals surface area (Å²) in [5, 5.41) is 0. The molecule has 0 N–H and O–H groups in total. The molecule has 0 spiro atoms. The van der Waals surface area contributed by atoms with Crippen molar-refractivity contribution in [2.45, 2.75) is 19.3 Å². The summed E-state index contributed by atoms with van der Waals surface area (Å²) in [6.07, 6.45) is 12.1. The average molecular weight is 162 g/mol. The number of hydrogen-bond donors (Lipinski definition) is 0. The minimum absolute atomic E-state index is 1.09. The predicted octanol–water partition coefficient (Wildman–Crippen LogP) is 1.95. The standard InChI is InChI=1S/C10H14N2/c1-2-7-12(8-3-1)9-10-5-4-6-11-10/h4-6,9H,1-3,7-8H2. The first-order valence-electron chi connectivity index (χ1n) is 4.62. The van der Waals surface area contributed by atoms with Crippen molar-refractivity contribution < 1.29 is 0 Å². The maximum atomic E-state index is 4.21. The molecule has 0 aromatic heterocycles. The van der Waals surface area contributed by atoms with E-state index in [1.807, 2.05) is 12.3 Å². The molecule has 0 aromatic carbocycles. The molecule has 0 saturated carbocycles. The van der Waals surface area contributed by atoms with Gasteiger partial charge in [0.15, 0.2) is 0 Å².